The number of ether oxygens (including phenoxy) is 2. The number of benzene rings is 2. The number of rotatable bonds is 4. The van der Waals surface area contributed by atoms with Crippen LogP contribution in [0.4, 0.5) is 4.79 Å². The van der Waals surface area contributed by atoms with Crippen LogP contribution >= 0.6 is 0 Å². The lowest BCUT2D eigenvalue weighted by molar-refractivity contribution is -0.167. The first-order valence-electron chi connectivity index (χ1n) is 8.73. The molecule has 1 aliphatic heterocycles. The molecule has 2 fully saturated rings. The van der Waals surface area contributed by atoms with Crippen LogP contribution in [0.3, 0.4) is 0 Å². The summed E-state index contributed by atoms with van der Waals surface area (Å²) in [7, 11) is 1.51. The fourth-order valence-electron chi connectivity index (χ4n) is 3.93. The molecule has 0 unspecified atom stereocenters. The zero-order valence-corrected chi connectivity index (χ0v) is 14.8. The third kappa shape index (κ3) is 2.42. The van der Waals surface area contributed by atoms with Gasteiger partial charge in [-0.25, -0.2) is 4.79 Å². The van der Waals surface area contributed by atoms with Crippen molar-refractivity contribution in [2.24, 2.45) is 0 Å². The number of carbonyl (C=O) groups is 2. The molecule has 1 saturated carbocycles. The average molecular weight is 351 g/mol. The predicted molar refractivity (Wildman–Crippen MR) is 95.5 cm³/mol. The molecule has 5 heteroatoms. The standard InChI is InChI=1S/C21H21NO4/c1-21(25-2)16(13-17(21)23)22-18(14-9-5-3-6-10-14)19(26-20(22)24)15-11-7-4-8-12-15/h3-12,16,18-19H,13H2,1-2H3/t16-,18-,19+,21+/m1/s1. The first-order valence-corrected chi connectivity index (χ1v) is 8.73. The summed E-state index contributed by atoms with van der Waals surface area (Å²) in [5.74, 6) is 0.00720. The molecule has 0 spiro atoms. The van der Waals surface area contributed by atoms with E-state index >= 15 is 0 Å². The first kappa shape index (κ1) is 16.8. The second kappa shape index (κ2) is 6.25. The van der Waals surface area contributed by atoms with Crippen LogP contribution in [0, 0.1) is 0 Å². The molecule has 2 aromatic rings. The third-order valence-electron chi connectivity index (χ3n) is 5.62. The van der Waals surface area contributed by atoms with Crippen molar-refractivity contribution in [1.29, 1.82) is 0 Å². The summed E-state index contributed by atoms with van der Waals surface area (Å²) < 4.78 is 11.3. The summed E-state index contributed by atoms with van der Waals surface area (Å²) in [4.78, 5) is 26.7. The molecule has 0 aromatic heterocycles. The third-order valence-corrected chi connectivity index (χ3v) is 5.62. The maximum Gasteiger partial charge on any atom is 0.411 e. The van der Waals surface area contributed by atoms with Crippen LogP contribution in [-0.4, -0.2) is 35.5 Å². The highest BCUT2D eigenvalue weighted by molar-refractivity contribution is 5.96. The van der Waals surface area contributed by atoms with Gasteiger partial charge in [0.25, 0.3) is 0 Å². The van der Waals surface area contributed by atoms with E-state index < -0.39 is 17.8 Å². The Balaban J connectivity index is 1.78. The van der Waals surface area contributed by atoms with Gasteiger partial charge in [0, 0.05) is 13.5 Å². The summed E-state index contributed by atoms with van der Waals surface area (Å²) in [6, 6.07) is 18.9. The number of methoxy groups -OCH3 is 1. The van der Waals surface area contributed by atoms with E-state index in [1.165, 1.54) is 7.11 Å². The van der Waals surface area contributed by atoms with Gasteiger partial charge in [-0.2, -0.15) is 0 Å². The van der Waals surface area contributed by atoms with E-state index in [0.29, 0.717) is 0 Å². The molecular weight excluding hydrogens is 330 g/mol. The van der Waals surface area contributed by atoms with Crippen molar-refractivity contribution in [1.82, 2.24) is 4.90 Å². The van der Waals surface area contributed by atoms with Crippen molar-refractivity contribution in [3.05, 3.63) is 71.8 Å². The van der Waals surface area contributed by atoms with Crippen LogP contribution in [0.2, 0.25) is 0 Å². The van der Waals surface area contributed by atoms with Crippen LogP contribution in [0.15, 0.2) is 60.7 Å². The maximum atomic E-state index is 12.8. The van der Waals surface area contributed by atoms with Gasteiger partial charge in [0.2, 0.25) is 0 Å². The Morgan fingerprint density at radius 1 is 1.00 bits per heavy atom. The van der Waals surface area contributed by atoms with E-state index in [-0.39, 0.29) is 24.3 Å². The van der Waals surface area contributed by atoms with E-state index in [9.17, 15) is 9.59 Å². The molecule has 134 valence electrons. The lowest BCUT2D eigenvalue weighted by Gasteiger charge is -2.49. The number of hydrogen-bond donors (Lipinski definition) is 0. The Labute approximate surface area is 152 Å². The normalized spacial score (nSPS) is 30.8. The Morgan fingerprint density at radius 3 is 2.12 bits per heavy atom. The van der Waals surface area contributed by atoms with Crippen LogP contribution < -0.4 is 0 Å². The van der Waals surface area contributed by atoms with E-state index in [1.807, 2.05) is 60.7 Å². The minimum Gasteiger partial charge on any atom is -0.439 e. The van der Waals surface area contributed by atoms with Crippen molar-refractivity contribution in [2.45, 2.75) is 37.1 Å². The summed E-state index contributed by atoms with van der Waals surface area (Å²) in [6.45, 7) is 1.74. The number of Topliss-reactive ketones (excluding diaryl/α,β-unsaturated/α-hetero) is 1. The number of amides is 1. The molecule has 4 rings (SSSR count). The van der Waals surface area contributed by atoms with E-state index in [0.717, 1.165) is 11.1 Å². The lowest BCUT2D eigenvalue weighted by atomic mass is 9.72. The summed E-state index contributed by atoms with van der Waals surface area (Å²) in [5.41, 5.74) is 0.921. The molecule has 1 saturated heterocycles. The van der Waals surface area contributed by atoms with Gasteiger partial charge in [0.15, 0.2) is 11.9 Å². The number of carbonyl (C=O) groups excluding carboxylic acids is 2. The van der Waals surface area contributed by atoms with E-state index in [1.54, 1.807) is 11.8 Å². The molecule has 2 aromatic carbocycles. The van der Waals surface area contributed by atoms with Crippen molar-refractivity contribution in [3.8, 4) is 0 Å². The van der Waals surface area contributed by atoms with Crippen LogP contribution in [0.1, 0.15) is 36.6 Å². The fourth-order valence-corrected chi connectivity index (χ4v) is 3.93. The highest BCUT2D eigenvalue weighted by Gasteiger charge is 2.60. The quantitative estimate of drug-likeness (QED) is 0.843. The predicted octanol–water partition coefficient (Wildman–Crippen LogP) is 3.67. The topological polar surface area (TPSA) is 55.8 Å². The van der Waals surface area contributed by atoms with Gasteiger partial charge < -0.3 is 9.47 Å². The van der Waals surface area contributed by atoms with Crippen molar-refractivity contribution in [3.63, 3.8) is 0 Å². The number of cyclic esters (lactones) is 1. The largest absolute Gasteiger partial charge is 0.439 e. The molecular formula is C21H21NO4. The zero-order valence-electron chi connectivity index (χ0n) is 14.8. The monoisotopic (exact) mass is 351 g/mol. The van der Waals surface area contributed by atoms with Crippen molar-refractivity contribution < 1.29 is 19.1 Å². The molecule has 0 radical (unpaired) electrons. The van der Waals surface area contributed by atoms with Gasteiger partial charge in [-0.1, -0.05) is 60.7 Å². The van der Waals surface area contributed by atoms with Gasteiger partial charge >= 0.3 is 6.09 Å². The highest BCUT2D eigenvalue weighted by atomic mass is 16.6. The van der Waals surface area contributed by atoms with E-state index in [2.05, 4.69) is 0 Å². The molecule has 1 aliphatic carbocycles. The second-order valence-electron chi connectivity index (χ2n) is 6.93. The Bertz CT molecular complexity index is 822. The molecule has 2 aliphatic rings. The smallest absolute Gasteiger partial charge is 0.411 e. The minimum absolute atomic E-state index is 0.00720. The van der Waals surface area contributed by atoms with Crippen LogP contribution in [-0.2, 0) is 14.3 Å². The Hall–Kier alpha value is -2.66. The molecule has 0 N–H and O–H groups in total. The van der Waals surface area contributed by atoms with Crippen molar-refractivity contribution in [2.75, 3.05) is 7.11 Å². The van der Waals surface area contributed by atoms with Gasteiger partial charge in [-0.15, -0.1) is 0 Å². The molecule has 4 atom stereocenters. The zero-order chi connectivity index (χ0) is 18.3. The lowest BCUT2D eigenvalue weighted by Crippen LogP contribution is -2.66. The Morgan fingerprint density at radius 2 is 1.58 bits per heavy atom. The van der Waals surface area contributed by atoms with Gasteiger partial charge in [-0.3, -0.25) is 9.69 Å². The minimum atomic E-state index is -0.988. The average Bonchev–Trinajstić information content (AvgIpc) is 3.03. The summed E-state index contributed by atoms with van der Waals surface area (Å²) >= 11 is 0. The Kier molecular flexibility index (Phi) is 4.04. The maximum absolute atomic E-state index is 12.8. The summed E-state index contributed by atoms with van der Waals surface area (Å²) in [5, 5.41) is 0. The highest BCUT2D eigenvalue weighted by Crippen LogP contribution is 2.49. The van der Waals surface area contributed by atoms with Gasteiger partial charge in [0.1, 0.15) is 11.6 Å². The molecule has 1 amide bonds. The number of ketones is 1. The van der Waals surface area contributed by atoms with E-state index in [4.69, 9.17) is 9.47 Å². The second-order valence-corrected chi connectivity index (χ2v) is 6.93. The fraction of sp³-hybridized carbons (Fsp3) is 0.333. The van der Waals surface area contributed by atoms with Crippen LogP contribution in [0.25, 0.3) is 0 Å². The molecule has 5 nitrogen and oxygen atoms in total. The molecule has 0 bridgehead atoms. The van der Waals surface area contributed by atoms with Crippen molar-refractivity contribution >= 4 is 11.9 Å². The van der Waals surface area contributed by atoms with Gasteiger partial charge in [0.05, 0.1) is 6.04 Å². The number of hydrogen-bond acceptors (Lipinski definition) is 4. The summed E-state index contributed by atoms with van der Waals surface area (Å²) in [6.07, 6.45) is -0.555. The molecule has 1 heterocycles. The van der Waals surface area contributed by atoms with Gasteiger partial charge in [-0.05, 0) is 18.1 Å². The molecule has 26 heavy (non-hydrogen) atoms. The first-order chi connectivity index (χ1) is 12.6. The van der Waals surface area contributed by atoms with Crippen LogP contribution in [0.5, 0.6) is 0 Å². The number of nitrogens with zero attached hydrogens (tertiary/aromatic N) is 1. The SMILES string of the molecule is CO[C@]1(C)C(=O)C[C@H]1N1C(=O)O[C@@H](c2ccccc2)[C@H]1c1ccccc1.